The van der Waals surface area contributed by atoms with E-state index in [4.69, 9.17) is 20.0 Å². The van der Waals surface area contributed by atoms with Gasteiger partial charge in [0.1, 0.15) is 6.61 Å². The summed E-state index contributed by atoms with van der Waals surface area (Å²) < 4.78 is 25.9. The summed E-state index contributed by atoms with van der Waals surface area (Å²) >= 11 is 0. The normalized spacial score (nSPS) is 14.5. The van der Waals surface area contributed by atoms with E-state index in [0.29, 0.717) is 0 Å². The highest BCUT2D eigenvalue weighted by Gasteiger charge is 2.24. The van der Waals surface area contributed by atoms with E-state index >= 15 is 0 Å². The minimum absolute atomic E-state index is 0.0991. The number of terminal acetylenes is 1. The molecule has 13 heavy (non-hydrogen) atoms. The molecular formula is C8H13O4P. The molecule has 0 aliphatic heterocycles. The number of phosphoric acid groups is 1. The monoisotopic (exact) mass is 204 g/mol. The van der Waals surface area contributed by atoms with Crippen molar-refractivity contribution in [2.45, 2.75) is 6.92 Å². The SMILES string of the molecule is C#CCOP(=O)(OCC)OCC=C. The van der Waals surface area contributed by atoms with E-state index < -0.39 is 7.82 Å². The summed E-state index contributed by atoms with van der Waals surface area (Å²) in [6, 6.07) is 0. The van der Waals surface area contributed by atoms with Crippen molar-refractivity contribution >= 4 is 7.82 Å². The van der Waals surface area contributed by atoms with Crippen molar-refractivity contribution in [1.29, 1.82) is 0 Å². The molecule has 0 aliphatic carbocycles. The summed E-state index contributed by atoms with van der Waals surface area (Å²) in [6.07, 6.45) is 6.38. The summed E-state index contributed by atoms with van der Waals surface area (Å²) in [7, 11) is -3.47. The standard InChI is InChI=1S/C8H13O4P/c1-4-7-11-13(9,10-6-3)12-8-5-2/h1,5H,2,6-8H2,3H3. The Bertz CT molecular complexity index is 231. The highest BCUT2D eigenvalue weighted by atomic mass is 31.2. The lowest BCUT2D eigenvalue weighted by Crippen LogP contribution is -2.00. The summed E-state index contributed by atoms with van der Waals surface area (Å²) in [5, 5.41) is 0. The molecule has 0 aromatic carbocycles. The van der Waals surface area contributed by atoms with Crippen LogP contribution in [-0.4, -0.2) is 19.8 Å². The van der Waals surface area contributed by atoms with Crippen LogP contribution in [-0.2, 0) is 18.1 Å². The molecule has 1 unspecified atom stereocenters. The molecule has 0 fully saturated rings. The van der Waals surface area contributed by atoms with Gasteiger partial charge in [0.05, 0.1) is 13.2 Å². The van der Waals surface area contributed by atoms with Gasteiger partial charge in [0.25, 0.3) is 0 Å². The first kappa shape index (κ1) is 12.4. The lowest BCUT2D eigenvalue weighted by Gasteiger charge is -2.14. The predicted molar refractivity (Wildman–Crippen MR) is 50.2 cm³/mol. The van der Waals surface area contributed by atoms with Crippen LogP contribution >= 0.6 is 7.82 Å². The molecule has 0 spiro atoms. The Kier molecular flexibility index (Phi) is 6.56. The largest absolute Gasteiger partial charge is 0.476 e. The van der Waals surface area contributed by atoms with Crippen LogP contribution in [0.2, 0.25) is 0 Å². The van der Waals surface area contributed by atoms with Gasteiger partial charge in [-0.3, -0.25) is 13.6 Å². The van der Waals surface area contributed by atoms with E-state index in [2.05, 4.69) is 12.5 Å². The lowest BCUT2D eigenvalue weighted by molar-refractivity contribution is 0.137. The van der Waals surface area contributed by atoms with E-state index in [1.807, 2.05) is 0 Å². The van der Waals surface area contributed by atoms with Gasteiger partial charge in [-0.05, 0) is 6.92 Å². The number of hydrogen-bond donors (Lipinski definition) is 0. The van der Waals surface area contributed by atoms with Crippen molar-refractivity contribution in [2.24, 2.45) is 0 Å². The first-order valence-corrected chi connectivity index (χ1v) is 5.22. The first-order valence-electron chi connectivity index (χ1n) is 3.76. The van der Waals surface area contributed by atoms with E-state index in [1.165, 1.54) is 6.08 Å². The second-order valence-electron chi connectivity index (χ2n) is 1.93. The fourth-order valence-corrected chi connectivity index (χ4v) is 1.59. The number of hydrogen-bond acceptors (Lipinski definition) is 4. The highest BCUT2D eigenvalue weighted by molar-refractivity contribution is 7.48. The number of phosphoric ester groups is 1. The summed E-state index contributed by atoms with van der Waals surface area (Å²) in [5.74, 6) is 2.18. The van der Waals surface area contributed by atoms with Gasteiger partial charge < -0.3 is 0 Å². The molecule has 0 amide bonds. The molecule has 0 N–H and O–H groups in total. The van der Waals surface area contributed by atoms with Crippen molar-refractivity contribution in [3.05, 3.63) is 12.7 Å². The smallest absolute Gasteiger partial charge is 0.287 e. The summed E-state index contributed by atoms with van der Waals surface area (Å²) in [6.45, 7) is 5.32. The fourth-order valence-electron chi connectivity index (χ4n) is 0.530. The van der Waals surface area contributed by atoms with Crippen molar-refractivity contribution in [3.8, 4) is 12.3 Å². The Morgan fingerprint density at radius 1 is 1.54 bits per heavy atom. The molecule has 0 radical (unpaired) electrons. The Morgan fingerprint density at radius 2 is 2.23 bits per heavy atom. The molecule has 0 aromatic rings. The quantitative estimate of drug-likeness (QED) is 0.361. The molecule has 0 aliphatic rings. The van der Waals surface area contributed by atoms with E-state index in [1.54, 1.807) is 6.92 Å². The highest BCUT2D eigenvalue weighted by Crippen LogP contribution is 2.48. The number of rotatable bonds is 7. The summed E-state index contributed by atoms with van der Waals surface area (Å²) in [4.78, 5) is 0. The predicted octanol–water partition coefficient (Wildman–Crippen LogP) is 1.98. The topological polar surface area (TPSA) is 44.8 Å². The average molecular weight is 204 g/mol. The van der Waals surface area contributed by atoms with Gasteiger partial charge in [0.15, 0.2) is 0 Å². The summed E-state index contributed by atoms with van der Waals surface area (Å²) in [5.41, 5.74) is 0. The molecule has 1 atom stereocenters. The molecule has 5 heteroatoms. The molecule has 0 bridgehead atoms. The van der Waals surface area contributed by atoms with Crippen LogP contribution in [0.3, 0.4) is 0 Å². The zero-order valence-electron chi connectivity index (χ0n) is 7.56. The molecule has 0 aromatic heterocycles. The van der Waals surface area contributed by atoms with Crippen LogP contribution in [0.5, 0.6) is 0 Å². The lowest BCUT2D eigenvalue weighted by atomic mass is 10.7. The first-order chi connectivity index (χ1) is 6.18. The molecule has 0 saturated carbocycles. The molecule has 4 nitrogen and oxygen atoms in total. The van der Waals surface area contributed by atoms with Crippen molar-refractivity contribution in [2.75, 3.05) is 19.8 Å². The molecule has 0 rings (SSSR count). The zero-order valence-corrected chi connectivity index (χ0v) is 8.46. The van der Waals surface area contributed by atoms with Gasteiger partial charge >= 0.3 is 7.82 Å². The third kappa shape index (κ3) is 5.62. The molecular weight excluding hydrogens is 191 g/mol. The maximum atomic E-state index is 11.5. The van der Waals surface area contributed by atoms with Crippen LogP contribution in [0.25, 0.3) is 0 Å². The molecule has 0 saturated heterocycles. The van der Waals surface area contributed by atoms with Crippen LogP contribution in [0.1, 0.15) is 6.92 Å². The minimum Gasteiger partial charge on any atom is -0.287 e. The van der Waals surface area contributed by atoms with Gasteiger partial charge in [-0.1, -0.05) is 12.0 Å². The van der Waals surface area contributed by atoms with E-state index in [9.17, 15) is 4.57 Å². The van der Waals surface area contributed by atoms with Crippen LogP contribution in [0.4, 0.5) is 0 Å². The van der Waals surface area contributed by atoms with Crippen LogP contribution in [0, 0.1) is 12.3 Å². The van der Waals surface area contributed by atoms with Crippen LogP contribution in [0.15, 0.2) is 12.7 Å². The molecule has 0 heterocycles. The molecule has 74 valence electrons. The minimum atomic E-state index is -3.47. The average Bonchev–Trinajstić information content (AvgIpc) is 2.12. The van der Waals surface area contributed by atoms with Gasteiger partial charge in [-0.25, -0.2) is 4.57 Å². The maximum Gasteiger partial charge on any atom is 0.476 e. The third-order valence-corrected chi connectivity index (χ3v) is 2.43. The van der Waals surface area contributed by atoms with Crippen molar-refractivity contribution < 1.29 is 18.1 Å². The van der Waals surface area contributed by atoms with Gasteiger partial charge in [-0.15, -0.1) is 13.0 Å². The Hall–Kier alpha value is -0.590. The third-order valence-electron chi connectivity index (χ3n) is 0.944. The fraction of sp³-hybridized carbons (Fsp3) is 0.500. The maximum absolute atomic E-state index is 11.5. The van der Waals surface area contributed by atoms with Crippen molar-refractivity contribution in [3.63, 3.8) is 0 Å². The van der Waals surface area contributed by atoms with E-state index in [-0.39, 0.29) is 19.8 Å². The van der Waals surface area contributed by atoms with E-state index in [0.717, 1.165) is 0 Å². The second kappa shape index (κ2) is 6.88. The Morgan fingerprint density at radius 3 is 2.69 bits per heavy atom. The van der Waals surface area contributed by atoms with Gasteiger partial charge in [-0.2, -0.15) is 0 Å². The van der Waals surface area contributed by atoms with Crippen LogP contribution < -0.4 is 0 Å². The zero-order chi connectivity index (χ0) is 10.2. The van der Waals surface area contributed by atoms with Crippen molar-refractivity contribution in [1.82, 2.24) is 0 Å². The second-order valence-corrected chi connectivity index (χ2v) is 3.60. The Labute approximate surface area is 78.5 Å². The Balaban J connectivity index is 4.09. The van der Waals surface area contributed by atoms with Gasteiger partial charge in [0.2, 0.25) is 0 Å². The van der Waals surface area contributed by atoms with Gasteiger partial charge in [0, 0.05) is 0 Å².